The lowest BCUT2D eigenvalue weighted by Crippen LogP contribution is -2.53. The molecule has 216 valence electrons. The molecule has 2 aromatic carbocycles. The number of anilines is 2. The number of urea groups is 1. The Kier molecular flexibility index (Phi) is 7.86. The van der Waals surface area contributed by atoms with Crippen molar-refractivity contribution in [2.75, 3.05) is 24.5 Å². The molecule has 42 heavy (non-hydrogen) atoms. The van der Waals surface area contributed by atoms with Crippen LogP contribution in [0.5, 0.6) is 11.5 Å². The van der Waals surface area contributed by atoms with Gasteiger partial charge in [0.2, 0.25) is 11.8 Å². The zero-order valence-corrected chi connectivity index (χ0v) is 24.0. The van der Waals surface area contributed by atoms with Gasteiger partial charge in [-0.05, 0) is 61.7 Å². The van der Waals surface area contributed by atoms with E-state index in [-0.39, 0.29) is 23.9 Å². The number of nitrogens with one attached hydrogen (secondary N) is 2. The molecule has 0 spiro atoms. The zero-order valence-electron chi connectivity index (χ0n) is 23.2. The number of nitrogens with two attached hydrogens (primary N) is 1. The molecular weight excluding hydrogens is 552 g/mol. The van der Waals surface area contributed by atoms with Crippen molar-refractivity contribution in [3.05, 3.63) is 84.1 Å². The molecule has 6 rings (SSSR count). The lowest BCUT2D eigenvalue weighted by atomic mass is 9.98. The Morgan fingerprint density at radius 2 is 2.00 bits per heavy atom. The molecule has 4 heterocycles. The van der Waals surface area contributed by atoms with Gasteiger partial charge in [-0.3, -0.25) is 14.5 Å². The SMILES string of the molecule is Cc1cc(Oc2ccccc2)ccc1N1C(=O)NC2c3c1ccnc3S[C@H]2C(=O)NC1CCCN(C(=O)/C=C/CN)C1. The fourth-order valence-corrected chi connectivity index (χ4v) is 6.92. The second-order valence-corrected chi connectivity index (χ2v) is 11.6. The maximum Gasteiger partial charge on any atom is 0.327 e. The van der Waals surface area contributed by atoms with E-state index in [9.17, 15) is 14.4 Å². The maximum atomic E-state index is 13.6. The first kappa shape index (κ1) is 27.8. The van der Waals surface area contributed by atoms with E-state index in [0.29, 0.717) is 36.8 Å². The fourth-order valence-electron chi connectivity index (χ4n) is 5.68. The average Bonchev–Trinajstić information content (AvgIpc) is 3.37. The Labute approximate surface area is 248 Å². The molecule has 1 aromatic heterocycles. The predicted octanol–water partition coefficient (Wildman–Crippen LogP) is 4.18. The molecule has 0 saturated carbocycles. The summed E-state index contributed by atoms with van der Waals surface area (Å²) in [4.78, 5) is 47.5. The number of nitrogens with zero attached hydrogens (tertiary/aromatic N) is 3. The summed E-state index contributed by atoms with van der Waals surface area (Å²) < 4.78 is 5.98. The highest BCUT2D eigenvalue weighted by atomic mass is 32.2. The van der Waals surface area contributed by atoms with Crippen LogP contribution in [-0.2, 0) is 9.59 Å². The number of carbonyl (C=O) groups is 3. The topological polar surface area (TPSA) is 130 Å². The summed E-state index contributed by atoms with van der Waals surface area (Å²) in [6.07, 6.45) is 6.35. The highest BCUT2D eigenvalue weighted by Gasteiger charge is 2.47. The van der Waals surface area contributed by atoms with Gasteiger partial charge in [-0.2, -0.15) is 0 Å². The number of hydrogen-bond donors (Lipinski definition) is 3. The molecule has 3 aromatic rings. The molecule has 2 unspecified atom stereocenters. The lowest BCUT2D eigenvalue weighted by molar-refractivity contribution is -0.129. The van der Waals surface area contributed by atoms with Crippen LogP contribution in [0.2, 0.25) is 0 Å². The number of amides is 4. The second-order valence-electron chi connectivity index (χ2n) is 10.5. The monoisotopic (exact) mass is 584 g/mol. The number of aryl methyl sites for hydroxylation is 1. The van der Waals surface area contributed by atoms with Gasteiger partial charge < -0.3 is 26.0 Å². The molecule has 3 aliphatic rings. The van der Waals surface area contributed by atoms with Gasteiger partial charge in [0.1, 0.15) is 21.8 Å². The standard InChI is InChI=1S/C31H32N6O4S/c1-19-17-22(41-21-8-3-2-4-9-21)11-12-23(19)37-24-13-15-33-30-26(24)27(35-31(37)40)28(42-30)29(39)34-20-7-6-16-36(18-20)25(38)10-5-14-32/h2-5,8-13,15,17,20,27-28H,6-7,14,16,18,32H2,1H3,(H,34,39)(H,35,40)/b10-5+/t20?,27?,28-/m1/s1. The van der Waals surface area contributed by atoms with E-state index < -0.39 is 11.3 Å². The van der Waals surface area contributed by atoms with E-state index in [4.69, 9.17) is 10.5 Å². The van der Waals surface area contributed by atoms with Crippen LogP contribution < -0.4 is 26.0 Å². The van der Waals surface area contributed by atoms with Crippen molar-refractivity contribution in [3.8, 4) is 11.5 Å². The van der Waals surface area contributed by atoms with Crippen molar-refractivity contribution in [1.82, 2.24) is 20.5 Å². The third kappa shape index (κ3) is 5.45. The van der Waals surface area contributed by atoms with Crippen LogP contribution >= 0.6 is 11.8 Å². The molecule has 11 heteroatoms. The van der Waals surface area contributed by atoms with Crippen molar-refractivity contribution in [3.63, 3.8) is 0 Å². The van der Waals surface area contributed by atoms with Gasteiger partial charge in [0.25, 0.3) is 0 Å². The molecule has 0 radical (unpaired) electrons. The van der Waals surface area contributed by atoms with Gasteiger partial charge in [-0.25, -0.2) is 9.78 Å². The van der Waals surface area contributed by atoms with Crippen molar-refractivity contribution in [2.24, 2.45) is 5.73 Å². The van der Waals surface area contributed by atoms with Crippen LogP contribution in [-0.4, -0.2) is 58.7 Å². The third-order valence-corrected chi connectivity index (χ3v) is 8.92. The van der Waals surface area contributed by atoms with E-state index in [1.165, 1.54) is 17.8 Å². The van der Waals surface area contributed by atoms with Crippen LogP contribution in [0.15, 0.2) is 78.0 Å². The number of aromatic nitrogens is 1. The molecule has 1 fully saturated rings. The van der Waals surface area contributed by atoms with E-state index in [1.54, 1.807) is 22.1 Å². The van der Waals surface area contributed by atoms with Crippen LogP contribution in [0.3, 0.4) is 0 Å². The molecule has 0 aliphatic carbocycles. The number of thioether (sulfide) groups is 1. The van der Waals surface area contributed by atoms with Gasteiger partial charge in [0.05, 0.1) is 17.4 Å². The highest BCUT2D eigenvalue weighted by molar-refractivity contribution is 8.01. The van der Waals surface area contributed by atoms with Crippen molar-refractivity contribution in [2.45, 2.75) is 42.1 Å². The number of rotatable bonds is 7. The Morgan fingerprint density at radius 1 is 1.17 bits per heavy atom. The first-order chi connectivity index (χ1) is 20.4. The number of likely N-dealkylation sites (tertiary alicyclic amines) is 1. The van der Waals surface area contributed by atoms with Crippen molar-refractivity contribution < 1.29 is 19.1 Å². The van der Waals surface area contributed by atoms with Gasteiger partial charge in [0.15, 0.2) is 0 Å². The minimum Gasteiger partial charge on any atom is -0.457 e. The molecule has 3 atom stereocenters. The molecule has 4 amide bonds. The number of pyridine rings is 1. The predicted molar refractivity (Wildman–Crippen MR) is 161 cm³/mol. The Hall–Kier alpha value is -4.35. The van der Waals surface area contributed by atoms with Crippen LogP contribution in [0.1, 0.15) is 30.0 Å². The number of ether oxygens (including phenoxy) is 1. The number of benzene rings is 2. The molecule has 0 bridgehead atoms. The minimum atomic E-state index is -0.578. The first-order valence-corrected chi connectivity index (χ1v) is 14.9. The second kappa shape index (κ2) is 11.9. The molecule has 3 aliphatic heterocycles. The number of carbonyl (C=O) groups excluding carboxylic acids is 3. The smallest absolute Gasteiger partial charge is 0.327 e. The van der Waals surface area contributed by atoms with Crippen molar-refractivity contribution >= 4 is 41.0 Å². The fraction of sp³-hybridized carbons (Fsp3) is 0.290. The third-order valence-electron chi connectivity index (χ3n) is 7.63. The summed E-state index contributed by atoms with van der Waals surface area (Å²) >= 11 is 1.35. The van der Waals surface area contributed by atoms with E-state index in [2.05, 4.69) is 15.6 Å². The number of para-hydroxylation sites is 1. The minimum absolute atomic E-state index is 0.106. The summed E-state index contributed by atoms with van der Waals surface area (Å²) in [5.74, 6) is 1.11. The summed E-state index contributed by atoms with van der Waals surface area (Å²) in [6, 6.07) is 15.9. The quantitative estimate of drug-likeness (QED) is 0.355. The summed E-state index contributed by atoms with van der Waals surface area (Å²) in [7, 11) is 0. The summed E-state index contributed by atoms with van der Waals surface area (Å²) in [6.45, 7) is 3.31. The van der Waals surface area contributed by atoms with Crippen LogP contribution in [0, 0.1) is 6.92 Å². The number of piperidine rings is 1. The summed E-state index contributed by atoms with van der Waals surface area (Å²) in [5, 5.41) is 6.34. The molecule has 10 nitrogen and oxygen atoms in total. The van der Waals surface area contributed by atoms with Gasteiger partial charge in [-0.15, -0.1) is 0 Å². The van der Waals surface area contributed by atoms with E-state index in [0.717, 1.165) is 34.7 Å². The molecule has 4 N–H and O–H groups in total. The van der Waals surface area contributed by atoms with Gasteiger partial charge in [-0.1, -0.05) is 36.0 Å². The normalized spacial score (nSPS) is 21.2. The number of hydrogen-bond acceptors (Lipinski definition) is 7. The molecular formula is C31H32N6O4S. The first-order valence-electron chi connectivity index (χ1n) is 14.0. The van der Waals surface area contributed by atoms with Crippen molar-refractivity contribution in [1.29, 1.82) is 0 Å². The van der Waals surface area contributed by atoms with Gasteiger partial charge in [0, 0.05) is 43.5 Å². The molecule has 1 saturated heterocycles. The lowest BCUT2D eigenvalue weighted by Gasteiger charge is -2.36. The Balaban J connectivity index is 1.20. The summed E-state index contributed by atoms with van der Waals surface area (Å²) in [5.41, 5.74) is 8.59. The average molecular weight is 585 g/mol. The zero-order chi connectivity index (χ0) is 29.2. The Morgan fingerprint density at radius 3 is 2.79 bits per heavy atom. The van der Waals surface area contributed by atoms with E-state index >= 15 is 0 Å². The Bertz CT molecular complexity index is 1550. The van der Waals surface area contributed by atoms with Crippen LogP contribution in [0.4, 0.5) is 16.2 Å². The van der Waals surface area contributed by atoms with Crippen LogP contribution in [0.25, 0.3) is 0 Å². The highest BCUT2D eigenvalue weighted by Crippen LogP contribution is 2.51. The maximum absolute atomic E-state index is 13.6. The van der Waals surface area contributed by atoms with Gasteiger partial charge >= 0.3 is 6.03 Å². The largest absolute Gasteiger partial charge is 0.457 e. The van der Waals surface area contributed by atoms with E-state index in [1.807, 2.05) is 61.5 Å².